The van der Waals surface area contributed by atoms with Crippen LogP contribution in [0.3, 0.4) is 0 Å². The normalized spacial score (nSPS) is 25.5. The van der Waals surface area contributed by atoms with Gasteiger partial charge < -0.3 is 19.3 Å². The van der Waals surface area contributed by atoms with Crippen molar-refractivity contribution in [1.82, 2.24) is 0 Å². The molecule has 0 saturated carbocycles. The van der Waals surface area contributed by atoms with Gasteiger partial charge in [0, 0.05) is 11.8 Å². The maximum Gasteiger partial charge on any atom is 0.306 e. The summed E-state index contributed by atoms with van der Waals surface area (Å²) in [6, 6.07) is 9.74. The summed E-state index contributed by atoms with van der Waals surface area (Å²) in [5.74, 6) is -1.24. The molecular formula is C17H24O5. The smallest absolute Gasteiger partial charge is 0.306 e. The van der Waals surface area contributed by atoms with Crippen molar-refractivity contribution >= 4 is 5.97 Å². The first-order chi connectivity index (χ1) is 10.5. The van der Waals surface area contributed by atoms with Crippen LogP contribution in [0.5, 0.6) is 0 Å². The Hall–Kier alpha value is -1.43. The van der Waals surface area contributed by atoms with Crippen molar-refractivity contribution in [2.75, 3.05) is 20.3 Å². The highest BCUT2D eigenvalue weighted by atomic mass is 16.7. The zero-order valence-electron chi connectivity index (χ0n) is 13.3. The number of benzene rings is 1. The first-order valence-corrected chi connectivity index (χ1v) is 7.51. The molecule has 1 aliphatic rings. The first-order valence-electron chi connectivity index (χ1n) is 7.51. The maximum atomic E-state index is 11.8. The zero-order valence-corrected chi connectivity index (χ0v) is 13.3. The number of aliphatic hydroxyl groups excluding tert-OH is 1. The highest BCUT2D eigenvalue weighted by Gasteiger charge is 2.41. The zero-order chi connectivity index (χ0) is 16.2. The summed E-state index contributed by atoms with van der Waals surface area (Å²) < 4.78 is 16.4. The molecule has 1 fully saturated rings. The van der Waals surface area contributed by atoms with E-state index in [1.807, 2.05) is 44.2 Å². The molecule has 1 aromatic rings. The SMILES string of the molecule is COC(=O)CC(c1ccccc1)C1COC(C)(C)OC1CO. The molecule has 122 valence electrons. The highest BCUT2D eigenvalue weighted by molar-refractivity contribution is 5.70. The van der Waals surface area contributed by atoms with Crippen LogP contribution in [0.25, 0.3) is 0 Å². The van der Waals surface area contributed by atoms with Crippen LogP contribution in [-0.4, -0.2) is 43.3 Å². The van der Waals surface area contributed by atoms with Crippen LogP contribution < -0.4 is 0 Å². The molecule has 2 rings (SSSR count). The number of methoxy groups -OCH3 is 1. The minimum Gasteiger partial charge on any atom is -0.469 e. The predicted octanol–water partition coefficient (Wildman–Crippen LogP) is 2.09. The van der Waals surface area contributed by atoms with Gasteiger partial charge in [-0.1, -0.05) is 30.3 Å². The number of esters is 1. The molecule has 0 spiro atoms. The fraction of sp³-hybridized carbons (Fsp3) is 0.588. The topological polar surface area (TPSA) is 65.0 Å². The third-order valence-corrected chi connectivity index (χ3v) is 4.07. The second-order valence-electron chi connectivity index (χ2n) is 6.01. The third-order valence-electron chi connectivity index (χ3n) is 4.07. The second-order valence-corrected chi connectivity index (χ2v) is 6.01. The molecule has 3 atom stereocenters. The molecule has 0 aromatic heterocycles. The van der Waals surface area contributed by atoms with Crippen LogP contribution in [0.1, 0.15) is 31.7 Å². The molecular weight excluding hydrogens is 284 g/mol. The van der Waals surface area contributed by atoms with E-state index in [-0.39, 0.29) is 36.9 Å². The number of carbonyl (C=O) groups is 1. The summed E-state index contributed by atoms with van der Waals surface area (Å²) in [5, 5.41) is 9.68. The molecule has 0 bridgehead atoms. The standard InChI is InChI=1S/C17H24O5/c1-17(2)21-11-14(15(10-18)22-17)13(9-16(19)20-3)12-7-5-4-6-8-12/h4-8,13-15,18H,9-11H2,1-3H3. The quantitative estimate of drug-likeness (QED) is 0.844. The summed E-state index contributed by atoms with van der Waals surface area (Å²) in [7, 11) is 1.38. The van der Waals surface area contributed by atoms with Gasteiger partial charge >= 0.3 is 5.97 Å². The van der Waals surface area contributed by atoms with E-state index in [0.29, 0.717) is 6.61 Å². The molecule has 5 heteroatoms. The largest absolute Gasteiger partial charge is 0.469 e. The van der Waals surface area contributed by atoms with E-state index < -0.39 is 5.79 Å². The van der Waals surface area contributed by atoms with Gasteiger partial charge in [-0.25, -0.2) is 0 Å². The minimum atomic E-state index is -0.726. The number of carbonyl (C=O) groups excluding carboxylic acids is 1. The Morgan fingerprint density at radius 2 is 2.09 bits per heavy atom. The lowest BCUT2D eigenvalue weighted by Crippen LogP contribution is -2.49. The van der Waals surface area contributed by atoms with Crippen molar-refractivity contribution in [3.8, 4) is 0 Å². The van der Waals surface area contributed by atoms with Gasteiger partial charge in [0.15, 0.2) is 5.79 Å². The molecule has 1 N–H and O–H groups in total. The second kappa shape index (κ2) is 7.22. The van der Waals surface area contributed by atoms with Gasteiger partial charge in [0.1, 0.15) is 0 Å². The number of hydrogen-bond acceptors (Lipinski definition) is 5. The Balaban J connectivity index is 2.26. The van der Waals surface area contributed by atoms with E-state index >= 15 is 0 Å². The molecule has 3 unspecified atom stereocenters. The van der Waals surface area contributed by atoms with E-state index in [1.165, 1.54) is 7.11 Å². The molecule has 0 radical (unpaired) electrons. The summed E-state index contributed by atoms with van der Waals surface area (Å²) >= 11 is 0. The van der Waals surface area contributed by atoms with Crippen LogP contribution in [0.4, 0.5) is 0 Å². The number of hydrogen-bond donors (Lipinski definition) is 1. The Morgan fingerprint density at radius 1 is 1.41 bits per heavy atom. The lowest BCUT2D eigenvalue weighted by atomic mass is 9.80. The van der Waals surface area contributed by atoms with Gasteiger partial charge in [-0.2, -0.15) is 0 Å². The van der Waals surface area contributed by atoms with E-state index in [9.17, 15) is 9.90 Å². The average Bonchev–Trinajstić information content (AvgIpc) is 2.52. The lowest BCUT2D eigenvalue weighted by Gasteiger charge is -2.43. The number of aliphatic hydroxyl groups is 1. The molecule has 1 saturated heterocycles. The van der Waals surface area contributed by atoms with Crippen molar-refractivity contribution in [3.63, 3.8) is 0 Å². The maximum absolute atomic E-state index is 11.8. The minimum absolute atomic E-state index is 0.109. The van der Waals surface area contributed by atoms with E-state index in [0.717, 1.165) is 5.56 Å². The first kappa shape index (κ1) is 16.9. The summed E-state index contributed by atoms with van der Waals surface area (Å²) in [6.45, 7) is 3.96. The molecule has 1 heterocycles. The average molecular weight is 308 g/mol. The van der Waals surface area contributed by atoms with Crippen molar-refractivity contribution in [2.45, 2.75) is 38.1 Å². The fourth-order valence-corrected chi connectivity index (χ4v) is 2.92. The molecule has 0 aliphatic carbocycles. The Labute approximate surface area is 131 Å². The predicted molar refractivity (Wildman–Crippen MR) is 81.3 cm³/mol. The lowest BCUT2D eigenvalue weighted by molar-refractivity contribution is -0.300. The van der Waals surface area contributed by atoms with E-state index in [2.05, 4.69) is 0 Å². The Bertz CT molecular complexity index is 485. The summed E-state index contributed by atoms with van der Waals surface area (Å²) in [4.78, 5) is 11.8. The van der Waals surface area contributed by atoms with Gasteiger partial charge in [0.05, 0.1) is 32.8 Å². The number of rotatable bonds is 5. The van der Waals surface area contributed by atoms with E-state index in [1.54, 1.807) is 0 Å². The Morgan fingerprint density at radius 3 is 2.68 bits per heavy atom. The highest BCUT2D eigenvalue weighted by Crippen LogP contribution is 2.37. The van der Waals surface area contributed by atoms with Gasteiger partial charge in [-0.15, -0.1) is 0 Å². The molecule has 0 amide bonds. The summed E-state index contributed by atoms with van der Waals surface area (Å²) in [5.41, 5.74) is 1.02. The Kier molecular flexibility index (Phi) is 5.56. The van der Waals surface area contributed by atoms with Crippen LogP contribution >= 0.6 is 0 Å². The molecule has 5 nitrogen and oxygen atoms in total. The van der Waals surface area contributed by atoms with Gasteiger partial charge in [-0.3, -0.25) is 4.79 Å². The fourth-order valence-electron chi connectivity index (χ4n) is 2.92. The van der Waals surface area contributed by atoms with Crippen molar-refractivity contribution in [2.24, 2.45) is 5.92 Å². The molecule has 1 aliphatic heterocycles. The van der Waals surface area contributed by atoms with Crippen LogP contribution in [0.2, 0.25) is 0 Å². The van der Waals surface area contributed by atoms with Gasteiger partial charge in [0.2, 0.25) is 0 Å². The molecule has 22 heavy (non-hydrogen) atoms. The van der Waals surface area contributed by atoms with E-state index in [4.69, 9.17) is 14.2 Å². The monoisotopic (exact) mass is 308 g/mol. The van der Waals surface area contributed by atoms with Crippen LogP contribution in [-0.2, 0) is 19.0 Å². The molecule has 1 aromatic carbocycles. The van der Waals surface area contributed by atoms with Crippen molar-refractivity contribution in [3.05, 3.63) is 35.9 Å². The van der Waals surface area contributed by atoms with Gasteiger partial charge in [-0.05, 0) is 19.4 Å². The van der Waals surface area contributed by atoms with Crippen molar-refractivity contribution < 1.29 is 24.1 Å². The van der Waals surface area contributed by atoms with Crippen LogP contribution in [0.15, 0.2) is 30.3 Å². The van der Waals surface area contributed by atoms with Gasteiger partial charge in [0.25, 0.3) is 0 Å². The third kappa shape index (κ3) is 4.06. The van der Waals surface area contributed by atoms with Crippen molar-refractivity contribution in [1.29, 1.82) is 0 Å². The van der Waals surface area contributed by atoms with Crippen LogP contribution in [0, 0.1) is 5.92 Å². The number of ether oxygens (including phenoxy) is 3. The summed E-state index contributed by atoms with van der Waals surface area (Å²) in [6.07, 6.45) is -0.145.